The van der Waals surface area contributed by atoms with Crippen LogP contribution in [0.25, 0.3) is 11.0 Å². The summed E-state index contributed by atoms with van der Waals surface area (Å²) in [5.74, 6) is 0.261. The Morgan fingerprint density at radius 1 is 1.33 bits per heavy atom. The molecule has 0 unspecified atom stereocenters. The third-order valence-corrected chi connectivity index (χ3v) is 6.61. The number of aromatic nitrogens is 4. The minimum absolute atomic E-state index is 0.181. The van der Waals surface area contributed by atoms with Crippen molar-refractivity contribution in [1.29, 1.82) is 0 Å². The number of halogens is 1. The molecule has 0 atom stereocenters. The second-order valence-electron chi connectivity index (χ2n) is 7.63. The molecular formula is C22H20ClN5OS. The second-order valence-corrected chi connectivity index (χ2v) is 9.15. The van der Waals surface area contributed by atoms with Gasteiger partial charge in [0.25, 0.3) is 5.91 Å². The number of carbonyl (C=O) groups excluding carboxylic acids is 1. The van der Waals surface area contributed by atoms with Crippen LogP contribution in [0.15, 0.2) is 36.5 Å². The number of benzene rings is 1. The lowest BCUT2D eigenvalue weighted by Crippen LogP contribution is -2.13. The molecule has 0 aliphatic heterocycles. The Morgan fingerprint density at radius 2 is 2.13 bits per heavy atom. The molecule has 152 valence electrons. The van der Waals surface area contributed by atoms with Crippen molar-refractivity contribution in [2.45, 2.75) is 32.1 Å². The van der Waals surface area contributed by atoms with Gasteiger partial charge in [-0.15, -0.1) is 11.3 Å². The van der Waals surface area contributed by atoms with E-state index in [0.29, 0.717) is 23.0 Å². The maximum absolute atomic E-state index is 13.2. The number of carbonyl (C=O) groups is 1. The highest BCUT2D eigenvalue weighted by Crippen LogP contribution is 2.40. The molecule has 1 aliphatic rings. The van der Waals surface area contributed by atoms with Crippen LogP contribution < -0.4 is 5.32 Å². The molecule has 5 rings (SSSR count). The first-order valence-electron chi connectivity index (χ1n) is 9.83. The summed E-state index contributed by atoms with van der Waals surface area (Å²) in [7, 11) is 1.86. The van der Waals surface area contributed by atoms with Crippen LogP contribution in [-0.4, -0.2) is 25.7 Å². The third kappa shape index (κ3) is 3.59. The Morgan fingerprint density at radius 3 is 2.90 bits per heavy atom. The Balaban J connectivity index is 1.43. The van der Waals surface area contributed by atoms with E-state index in [1.807, 2.05) is 44.3 Å². The number of aryl methyl sites for hydroxylation is 2. The highest BCUT2D eigenvalue weighted by atomic mass is 35.5. The molecule has 30 heavy (non-hydrogen) atoms. The highest BCUT2D eigenvalue weighted by Gasteiger charge is 2.28. The van der Waals surface area contributed by atoms with Gasteiger partial charge < -0.3 is 0 Å². The van der Waals surface area contributed by atoms with E-state index in [1.165, 1.54) is 11.3 Å². The summed E-state index contributed by atoms with van der Waals surface area (Å²) < 4.78 is 1.75. The second kappa shape index (κ2) is 7.49. The maximum atomic E-state index is 13.2. The molecule has 0 saturated heterocycles. The fourth-order valence-electron chi connectivity index (χ4n) is 3.67. The molecule has 1 N–H and O–H groups in total. The van der Waals surface area contributed by atoms with E-state index in [1.54, 1.807) is 10.9 Å². The molecule has 1 fully saturated rings. The molecule has 8 heteroatoms. The summed E-state index contributed by atoms with van der Waals surface area (Å²) in [6.45, 7) is 1.91. The first-order chi connectivity index (χ1) is 14.5. The molecular weight excluding hydrogens is 418 g/mol. The third-order valence-electron chi connectivity index (χ3n) is 5.33. The Kier molecular flexibility index (Phi) is 4.79. The van der Waals surface area contributed by atoms with Crippen molar-refractivity contribution < 1.29 is 4.79 Å². The van der Waals surface area contributed by atoms with Gasteiger partial charge in [-0.25, -0.2) is 9.97 Å². The van der Waals surface area contributed by atoms with Gasteiger partial charge in [0, 0.05) is 41.2 Å². The SMILES string of the molecule is Cc1nn(C)c2nc(C3CC3)cc(C(=O)Nc3ncc(Cc4ccccc4Cl)s3)c12. The van der Waals surface area contributed by atoms with Gasteiger partial charge in [0.05, 0.1) is 16.6 Å². The van der Waals surface area contributed by atoms with E-state index in [9.17, 15) is 4.79 Å². The number of nitrogens with zero attached hydrogens (tertiary/aromatic N) is 4. The van der Waals surface area contributed by atoms with Gasteiger partial charge in [-0.2, -0.15) is 5.10 Å². The maximum Gasteiger partial charge on any atom is 0.258 e. The minimum atomic E-state index is -0.181. The van der Waals surface area contributed by atoms with E-state index in [-0.39, 0.29) is 5.91 Å². The predicted molar refractivity (Wildman–Crippen MR) is 120 cm³/mol. The zero-order valence-electron chi connectivity index (χ0n) is 16.6. The van der Waals surface area contributed by atoms with Gasteiger partial charge >= 0.3 is 0 Å². The van der Waals surface area contributed by atoms with Crippen molar-refractivity contribution in [3.8, 4) is 0 Å². The molecule has 1 aliphatic carbocycles. The summed E-state index contributed by atoms with van der Waals surface area (Å²) in [5.41, 5.74) is 4.16. The van der Waals surface area contributed by atoms with Crippen LogP contribution in [0.2, 0.25) is 5.02 Å². The van der Waals surface area contributed by atoms with E-state index in [4.69, 9.17) is 16.6 Å². The summed E-state index contributed by atoms with van der Waals surface area (Å²) in [6, 6.07) is 9.67. The van der Waals surface area contributed by atoms with Crippen LogP contribution in [0.3, 0.4) is 0 Å². The first kappa shape index (κ1) is 19.2. The van der Waals surface area contributed by atoms with Crippen LogP contribution in [0, 0.1) is 6.92 Å². The average molecular weight is 438 g/mol. The van der Waals surface area contributed by atoms with Gasteiger partial charge in [-0.3, -0.25) is 14.8 Å². The molecule has 0 bridgehead atoms. The highest BCUT2D eigenvalue weighted by molar-refractivity contribution is 7.15. The first-order valence-corrected chi connectivity index (χ1v) is 11.0. The van der Waals surface area contributed by atoms with Gasteiger partial charge in [0.15, 0.2) is 10.8 Å². The largest absolute Gasteiger partial charge is 0.298 e. The van der Waals surface area contributed by atoms with Gasteiger partial charge in [0.1, 0.15) is 0 Å². The molecule has 6 nitrogen and oxygen atoms in total. The standard InChI is InChI=1S/C22H20ClN5OS/c1-12-19-16(10-18(13-7-8-13)25-20(19)28(2)27-12)21(29)26-22-24-11-15(30-22)9-14-5-3-4-6-17(14)23/h3-6,10-11,13H,7-9H2,1-2H3,(H,24,26,29). The Bertz CT molecular complexity index is 1270. The number of pyridine rings is 1. The minimum Gasteiger partial charge on any atom is -0.298 e. The van der Waals surface area contributed by atoms with E-state index < -0.39 is 0 Å². The van der Waals surface area contributed by atoms with E-state index in [0.717, 1.165) is 50.7 Å². The summed E-state index contributed by atoms with van der Waals surface area (Å²) >= 11 is 7.72. The topological polar surface area (TPSA) is 72.7 Å². The van der Waals surface area contributed by atoms with Crippen LogP contribution in [-0.2, 0) is 13.5 Å². The number of rotatable bonds is 5. The number of hydrogen-bond donors (Lipinski definition) is 1. The van der Waals surface area contributed by atoms with Crippen molar-refractivity contribution in [2.24, 2.45) is 7.05 Å². The molecule has 0 radical (unpaired) electrons. The lowest BCUT2D eigenvalue weighted by molar-refractivity contribution is 0.102. The van der Waals surface area contributed by atoms with E-state index in [2.05, 4.69) is 15.4 Å². The number of thiazole rings is 1. The van der Waals surface area contributed by atoms with Gasteiger partial charge in [0.2, 0.25) is 0 Å². The number of nitrogens with one attached hydrogen (secondary N) is 1. The Hall–Kier alpha value is -2.77. The molecule has 3 heterocycles. The normalized spacial score (nSPS) is 13.7. The lowest BCUT2D eigenvalue weighted by Gasteiger charge is -2.07. The van der Waals surface area contributed by atoms with Crippen LogP contribution >= 0.6 is 22.9 Å². The predicted octanol–water partition coefficient (Wildman–Crippen LogP) is 5.11. The monoisotopic (exact) mass is 437 g/mol. The van der Waals surface area contributed by atoms with Gasteiger partial charge in [-0.1, -0.05) is 29.8 Å². The zero-order chi connectivity index (χ0) is 20.8. The fraction of sp³-hybridized carbons (Fsp3) is 0.273. The van der Waals surface area contributed by atoms with Crippen molar-refractivity contribution in [1.82, 2.24) is 19.7 Å². The van der Waals surface area contributed by atoms with Crippen LogP contribution in [0.4, 0.5) is 5.13 Å². The molecule has 4 aromatic rings. The summed E-state index contributed by atoms with van der Waals surface area (Å²) in [5, 5.41) is 9.53. The smallest absolute Gasteiger partial charge is 0.258 e. The molecule has 0 spiro atoms. The quantitative estimate of drug-likeness (QED) is 0.471. The average Bonchev–Trinajstić information content (AvgIpc) is 3.43. The van der Waals surface area contributed by atoms with Crippen molar-refractivity contribution in [3.63, 3.8) is 0 Å². The molecule has 1 amide bonds. The molecule has 1 saturated carbocycles. The van der Waals surface area contributed by atoms with Crippen molar-refractivity contribution >= 4 is 45.0 Å². The van der Waals surface area contributed by atoms with E-state index >= 15 is 0 Å². The number of anilines is 1. The van der Waals surface area contributed by atoms with Crippen LogP contribution in [0.5, 0.6) is 0 Å². The van der Waals surface area contributed by atoms with Crippen LogP contribution in [0.1, 0.15) is 50.9 Å². The summed E-state index contributed by atoms with van der Waals surface area (Å²) in [4.78, 5) is 23.4. The molecule has 1 aromatic carbocycles. The van der Waals surface area contributed by atoms with Gasteiger partial charge in [-0.05, 0) is 37.5 Å². The number of amides is 1. The van der Waals surface area contributed by atoms with Crippen molar-refractivity contribution in [2.75, 3.05) is 5.32 Å². The Labute approximate surface area is 182 Å². The number of hydrogen-bond acceptors (Lipinski definition) is 5. The number of fused-ring (bicyclic) bond motifs is 1. The summed E-state index contributed by atoms with van der Waals surface area (Å²) in [6.07, 6.45) is 4.71. The van der Waals surface area contributed by atoms with Crippen molar-refractivity contribution in [3.05, 3.63) is 68.9 Å². The zero-order valence-corrected chi connectivity index (χ0v) is 18.2. The molecule has 3 aromatic heterocycles. The lowest BCUT2D eigenvalue weighted by atomic mass is 10.1. The fourth-order valence-corrected chi connectivity index (χ4v) is 4.71.